The van der Waals surface area contributed by atoms with E-state index in [1.54, 1.807) is 23.9 Å². The smallest absolute Gasteiger partial charge is 0.272 e. The van der Waals surface area contributed by atoms with E-state index in [1.165, 1.54) is 25.5 Å². The summed E-state index contributed by atoms with van der Waals surface area (Å²) in [6.45, 7) is 5.97. The third-order valence-corrected chi connectivity index (χ3v) is 4.92. The predicted molar refractivity (Wildman–Crippen MR) is 100 cm³/mol. The lowest BCUT2D eigenvalue weighted by atomic mass is 9.99. The highest BCUT2D eigenvalue weighted by Gasteiger charge is 2.17. The molecular formula is C20H25N3O2. The van der Waals surface area contributed by atoms with E-state index < -0.39 is 0 Å². The van der Waals surface area contributed by atoms with Gasteiger partial charge in [-0.05, 0) is 56.0 Å². The number of nitrogens with one attached hydrogen (secondary N) is 1. The molecule has 0 atom stereocenters. The standard InChI is InChI=1S/C20H25N3O2/c1-14-8-10-23(11-9-14)18-6-4-17(5-7-18)21-20(25)19-12-16(15(2)24)13-22(19)3/h4-7,12-14H,8-11H2,1-3H3,(H,21,25). The van der Waals surface area contributed by atoms with Gasteiger partial charge in [0.1, 0.15) is 5.69 Å². The number of hydrogen-bond donors (Lipinski definition) is 1. The molecule has 0 unspecified atom stereocenters. The summed E-state index contributed by atoms with van der Waals surface area (Å²) in [6, 6.07) is 9.59. The van der Waals surface area contributed by atoms with Crippen molar-refractivity contribution in [1.29, 1.82) is 0 Å². The van der Waals surface area contributed by atoms with Crippen molar-refractivity contribution in [2.75, 3.05) is 23.3 Å². The average Bonchev–Trinajstić information content (AvgIpc) is 2.99. The van der Waals surface area contributed by atoms with Gasteiger partial charge in [0.05, 0.1) is 0 Å². The second kappa shape index (κ2) is 7.13. The van der Waals surface area contributed by atoms with Gasteiger partial charge in [0.25, 0.3) is 5.91 Å². The maximum absolute atomic E-state index is 12.4. The van der Waals surface area contributed by atoms with E-state index in [0.717, 1.165) is 24.7 Å². The first-order valence-corrected chi connectivity index (χ1v) is 8.77. The summed E-state index contributed by atoms with van der Waals surface area (Å²) in [5, 5.41) is 2.90. The van der Waals surface area contributed by atoms with E-state index in [-0.39, 0.29) is 11.7 Å². The highest BCUT2D eigenvalue weighted by Crippen LogP contribution is 2.24. The minimum Gasteiger partial charge on any atom is -0.372 e. The summed E-state index contributed by atoms with van der Waals surface area (Å²) in [7, 11) is 1.77. The summed E-state index contributed by atoms with van der Waals surface area (Å²) >= 11 is 0. The molecule has 1 amide bonds. The fourth-order valence-corrected chi connectivity index (χ4v) is 3.20. The summed E-state index contributed by atoms with van der Waals surface area (Å²) in [5.41, 5.74) is 2.97. The van der Waals surface area contributed by atoms with Gasteiger partial charge >= 0.3 is 0 Å². The van der Waals surface area contributed by atoms with Crippen molar-refractivity contribution >= 4 is 23.1 Å². The minimum atomic E-state index is -0.213. The number of carbonyl (C=O) groups excluding carboxylic acids is 2. The summed E-state index contributed by atoms with van der Waals surface area (Å²) < 4.78 is 1.68. The Bertz CT molecular complexity index is 769. The molecule has 0 saturated carbocycles. The number of nitrogens with zero attached hydrogens (tertiary/aromatic N) is 2. The Morgan fingerprint density at radius 1 is 1.12 bits per heavy atom. The van der Waals surface area contributed by atoms with Gasteiger partial charge in [-0.3, -0.25) is 9.59 Å². The molecule has 3 rings (SSSR count). The molecule has 0 bridgehead atoms. The zero-order valence-electron chi connectivity index (χ0n) is 15.1. The minimum absolute atomic E-state index is 0.0464. The van der Waals surface area contributed by atoms with Crippen LogP contribution < -0.4 is 10.2 Å². The van der Waals surface area contributed by atoms with Crippen molar-refractivity contribution in [3.8, 4) is 0 Å². The molecule has 5 nitrogen and oxygen atoms in total. The van der Waals surface area contributed by atoms with E-state index in [2.05, 4.69) is 29.3 Å². The molecule has 2 aromatic rings. The lowest BCUT2D eigenvalue weighted by Gasteiger charge is -2.32. The number of amides is 1. The fourth-order valence-electron chi connectivity index (χ4n) is 3.20. The van der Waals surface area contributed by atoms with Crippen LogP contribution in [0.25, 0.3) is 0 Å². The highest BCUT2D eigenvalue weighted by atomic mass is 16.2. The quantitative estimate of drug-likeness (QED) is 0.864. The molecule has 132 valence electrons. The summed E-state index contributed by atoms with van der Waals surface area (Å²) in [4.78, 5) is 26.3. The van der Waals surface area contributed by atoms with Gasteiger partial charge in [0.15, 0.2) is 5.78 Å². The third-order valence-electron chi connectivity index (χ3n) is 4.92. The molecule has 2 heterocycles. The van der Waals surface area contributed by atoms with Crippen molar-refractivity contribution in [3.05, 3.63) is 47.8 Å². The molecule has 1 N–H and O–H groups in total. The lowest BCUT2D eigenvalue weighted by Crippen LogP contribution is -2.32. The Kier molecular flexibility index (Phi) is 4.93. The van der Waals surface area contributed by atoms with Crippen molar-refractivity contribution in [1.82, 2.24) is 4.57 Å². The summed E-state index contributed by atoms with van der Waals surface area (Å²) in [6.07, 6.45) is 4.13. The number of Topliss-reactive ketones (excluding diaryl/α,β-unsaturated/α-hetero) is 1. The van der Waals surface area contributed by atoms with E-state index in [9.17, 15) is 9.59 Å². The lowest BCUT2D eigenvalue weighted by molar-refractivity contribution is 0.101. The summed E-state index contributed by atoms with van der Waals surface area (Å²) in [5.74, 6) is 0.546. The first-order valence-electron chi connectivity index (χ1n) is 8.77. The number of hydrogen-bond acceptors (Lipinski definition) is 3. The first-order chi connectivity index (χ1) is 11.9. The Morgan fingerprint density at radius 2 is 1.76 bits per heavy atom. The maximum Gasteiger partial charge on any atom is 0.272 e. The zero-order chi connectivity index (χ0) is 18.0. The number of anilines is 2. The molecule has 1 aliphatic rings. The fraction of sp³-hybridized carbons (Fsp3) is 0.400. The SMILES string of the molecule is CC(=O)c1cc(C(=O)Nc2ccc(N3CCC(C)CC3)cc2)n(C)c1. The Hall–Kier alpha value is -2.56. The van der Waals surface area contributed by atoms with Crippen LogP contribution in [0.4, 0.5) is 11.4 Å². The van der Waals surface area contributed by atoms with Crippen molar-refractivity contribution in [2.45, 2.75) is 26.7 Å². The first kappa shape index (κ1) is 17.3. The Morgan fingerprint density at radius 3 is 2.32 bits per heavy atom. The number of aryl methyl sites for hydroxylation is 1. The molecule has 1 aliphatic heterocycles. The van der Waals surface area contributed by atoms with Gasteiger partial charge in [-0.1, -0.05) is 6.92 Å². The normalized spacial score (nSPS) is 15.2. The number of aromatic nitrogens is 1. The molecular weight excluding hydrogens is 314 g/mol. The predicted octanol–water partition coefficient (Wildman–Crippen LogP) is 3.72. The molecule has 1 saturated heterocycles. The molecule has 0 aliphatic carbocycles. The number of rotatable bonds is 4. The largest absolute Gasteiger partial charge is 0.372 e. The Labute approximate surface area is 148 Å². The van der Waals surface area contributed by atoms with Crippen LogP contribution in [0.2, 0.25) is 0 Å². The zero-order valence-corrected chi connectivity index (χ0v) is 15.1. The van der Waals surface area contributed by atoms with Gasteiger partial charge in [-0.2, -0.15) is 0 Å². The van der Waals surface area contributed by atoms with Gasteiger partial charge in [0.2, 0.25) is 0 Å². The van der Waals surface area contributed by atoms with E-state index >= 15 is 0 Å². The van der Waals surface area contributed by atoms with Crippen LogP contribution in [0, 0.1) is 5.92 Å². The molecule has 1 aromatic heterocycles. The third kappa shape index (κ3) is 3.92. The molecule has 0 radical (unpaired) electrons. The van der Waals surface area contributed by atoms with Crippen LogP contribution in [-0.4, -0.2) is 29.3 Å². The van der Waals surface area contributed by atoms with Crippen molar-refractivity contribution in [3.63, 3.8) is 0 Å². The van der Waals surface area contributed by atoms with Gasteiger partial charge in [0, 0.05) is 43.3 Å². The number of ketones is 1. The average molecular weight is 339 g/mol. The maximum atomic E-state index is 12.4. The number of benzene rings is 1. The topological polar surface area (TPSA) is 54.3 Å². The van der Waals surface area contributed by atoms with E-state index in [4.69, 9.17) is 0 Å². The molecule has 1 fully saturated rings. The second-order valence-corrected chi connectivity index (χ2v) is 6.95. The van der Waals surface area contributed by atoms with Crippen LogP contribution in [0.5, 0.6) is 0 Å². The highest BCUT2D eigenvalue weighted by molar-refractivity contribution is 6.05. The Balaban J connectivity index is 1.67. The van der Waals surface area contributed by atoms with Crippen molar-refractivity contribution in [2.24, 2.45) is 13.0 Å². The van der Waals surface area contributed by atoms with Crippen molar-refractivity contribution < 1.29 is 9.59 Å². The number of carbonyl (C=O) groups is 2. The van der Waals surface area contributed by atoms with Crippen LogP contribution in [0.3, 0.4) is 0 Å². The van der Waals surface area contributed by atoms with Gasteiger partial charge in [-0.15, -0.1) is 0 Å². The van der Waals surface area contributed by atoms with E-state index in [1.807, 2.05) is 12.1 Å². The monoisotopic (exact) mass is 339 g/mol. The van der Waals surface area contributed by atoms with Crippen LogP contribution in [0.15, 0.2) is 36.5 Å². The van der Waals surface area contributed by atoms with Gasteiger partial charge in [-0.25, -0.2) is 0 Å². The number of piperidine rings is 1. The van der Waals surface area contributed by atoms with Crippen LogP contribution >= 0.6 is 0 Å². The second-order valence-electron chi connectivity index (χ2n) is 6.95. The molecule has 0 spiro atoms. The molecule has 5 heteroatoms. The van der Waals surface area contributed by atoms with Crippen LogP contribution in [0.1, 0.15) is 47.5 Å². The van der Waals surface area contributed by atoms with Gasteiger partial charge < -0.3 is 14.8 Å². The molecule has 25 heavy (non-hydrogen) atoms. The van der Waals surface area contributed by atoms with Crippen LogP contribution in [-0.2, 0) is 7.05 Å². The van der Waals surface area contributed by atoms with E-state index in [0.29, 0.717) is 11.3 Å². The molecule has 1 aromatic carbocycles.